The Morgan fingerprint density at radius 3 is 2.61 bits per heavy atom. The highest BCUT2D eigenvalue weighted by Gasteiger charge is 2.47. The largest absolute Gasteiger partial charge is 0.444 e. The number of hydrogen-bond acceptors (Lipinski definition) is 6. The molecule has 12 heteroatoms. The Balaban J connectivity index is 1.45. The molecule has 0 radical (unpaired) electrons. The number of carbonyl (C=O) groups is 4. The van der Waals surface area contributed by atoms with Crippen LogP contribution in [0.4, 0.5) is 9.59 Å². The van der Waals surface area contributed by atoms with Gasteiger partial charge in [-0.2, -0.15) is 0 Å². The average Bonchev–Trinajstić information content (AvgIpc) is 3.43. The van der Waals surface area contributed by atoms with Crippen LogP contribution in [-0.4, -0.2) is 64.7 Å². The number of rotatable bonds is 7. The van der Waals surface area contributed by atoms with Crippen molar-refractivity contribution in [1.29, 1.82) is 0 Å². The van der Waals surface area contributed by atoms with E-state index in [1.807, 2.05) is 24.3 Å². The Labute approximate surface area is 261 Å². The van der Waals surface area contributed by atoms with Crippen LogP contribution in [0.15, 0.2) is 51.8 Å². The van der Waals surface area contributed by atoms with Crippen LogP contribution in [0.5, 0.6) is 0 Å². The molecule has 2 heterocycles. The topological polar surface area (TPSA) is 96.0 Å². The Kier molecular flexibility index (Phi) is 9.78. The van der Waals surface area contributed by atoms with Gasteiger partial charge in [-0.3, -0.25) is 19.3 Å². The number of amides is 4. The summed E-state index contributed by atoms with van der Waals surface area (Å²) in [4.78, 5) is 55.0. The number of hydrogen-bond donors (Lipinski definition) is 1. The van der Waals surface area contributed by atoms with E-state index < -0.39 is 28.3 Å². The van der Waals surface area contributed by atoms with Crippen LogP contribution in [0, 0.1) is 5.41 Å². The first-order chi connectivity index (χ1) is 19.3. The fraction of sp³-hybridized carbons (Fsp3) is 0.379. The summed E-state index contributed by atoms with van der Waals surface area (Å²) >= 11 is 16.6. The quantitative estimate of drug-likeness (QED) is 0.324. The highest BCUT2D eigenvalue weighted by Crippen LogP contribution is 2.37. The first kappa shape index (κ1) is 31.4. The van der Waals surface area contributed by atoms with E-state index in [0.717, 1.165) is 26.7 Å². The summed E-state index contributed by atoms with van der Waals surface area (Å²) in [6.07, 6.45) is 1.91. The van der Waals surface area contributed by atoms with Crippen LogP contribution in [-0.2, 0) is 20.7 Å². The van der Waals surface area contributed by atoms with Gasteiger partial charge in [0.15, 0.2) is 0 Å². The Morgan fingerprint density at radius 1 is 1.17 bits per heavy atom. The molecular formula is C29H30BrCl2N3O5S. The molecular weight excluding hydrogens is 653 g/mol. The monoisotopic (exact) mass is 681 g/mol. The second kappa shape index (κ2) is 12.8. The van der Waals surface area contributed by atoms with Gasteiger partial charge in [0.2, 0.25) is 5.91 Å². The molecule has 2 saturated heterocycles. The van der Waals surface area contributed by atoms with E-state index in [-0.39, 0.29) is 30.4 Å². The lowest BCUT2D eigenvalue weighted by Gasteiger charge is -2.29. The number of halogens is 3. The lowest BCUT2D eigenvalue weighted by atomic mass is 9.79. The zero-order chi connectivity index (χ0) is 29.9. The normalized spacial score (nSPS) is 20.2. The molecule has 0 aromatic heterocycles. The minimum Gasteiger partial charge on any atom is -0.444 e. The van der Waals surface area contributed by atoms with Gasteiger partial charge >= 0.3 is 6.09 Å². The van der Waals surface area contributed by atoms with Crippen molar-refractivity contribution in [3.8, 4) is 0 Å². The minimum atomic E-state index is -0.903. The Hall–Kier alpha value is -2.53. The van der Waals surface area contributed by atoms with Gasteiger partial charge in [-0.1, -0.05) is 63.4 Å². The average molecular weight is 683 g/mol. The molecule has 0 saturated carbocycles. The fourth-order valence-electron chi connectivity index (χ4n) is 4.74. The maximum atomic E-state index is 13.7. The van der Waals surface area contributed by atoms with Crippen LogP contribution in [0.3, 0.4) is 0 Å². The standard InChI is InChI=1S/C29H30BrCl2N3O5S/c1-28(2,3)40-26(38)34-12-10-29(17-34,16-18-6-4-8-20(30)14-18)25(37)33-11-13-35-24(36)22(41-27(35)39)15-19-7-5-9-21(31)23(19)32/h4-9,14-15H,10-13,16-17H2,1-3H3,(H,33,37)/b22-15-. The highest BCUT2D eigenvalue weighted by atomic mass is 79.9. The zero-order valence-corrected chi connectivity index (χ0v) is 26.8. The molecule has 8 nitrogen and oxygen atoms in total. The van der Waals surface area contributed by atoms with Gasteiger partial charge < -0.3 is 15.0 Å². The van der Waals surface area contributed by atoms with Crippen molar-refractivity contribution in [2.45, 2.75) is 39.2 Å². The molecule has 2 aromatic carbocycles. The van der Waals surface area contributed by atoms with Gasteiger partial charge in [0.25, 0.3) is 11.1 Å². The van der Waals surface area contributed by atoms with Gasteiger partial charge in [0.05, 0.1) is 20.4 Å². The third-order valence-electron chi connectivity index (χ3n) is 6.68. The molecule has 1 unspecified atom stereocenters. The summed E-state index contributed by atoms with van der Waals surface area (Å²) in [6, 6.07) is 12.7. The second-order valence-corrected chi connectivity index (χ2v) is 13.7. The Morgan fingerprint density at radius 2 is 1.90 bits per heavy atom. The van der Waals surface area contributed by atoms with Crippen molar-refractivity contribution in [2.24, 2.45) is 5.41 Å². The molecule has 218 valence electrons. The van der Waals surface area contributed by atoms with Crippen LogP contribution >= 0.6 is 50.9 Å². The summed E-state index contributed by atoms with van der Waals surface area (Å²) in [6.45, 7) is 6.01. The van der Waals surface area contributed by atoms with Crippen LogP contribution in [0.1, 0.15) is 38.3 Å². The van der Waals surface area contributed by atoms with E-state index in [1.54, 1.807) is 43.9 Å². The number of nitrogens with one attached hydrogen (secondary N) is 1. The number of likely N-dealkylation sites (tertiary alicyclic amines) is 1. The smallest absolute Gasteiger partial charge is 0.410 e. The summed E-state index contributed by atoms with van der Waals surface area (Å²) in [7, 11) is 0. The lowest BCUT2D eigenvalue weighted by Crippen LogP contribution is -2.47. The van der Waals surface area contributed by atoms with Crippen LogP contribution < -0.4 is 5.32 Å². The second-order valence-electron chi connectivity index (χ2n) is 11.0. The molecule has 0 bridgehead atoms. The maximum Gasteiger partial charge on any atom is 0.410 e. The summed E-state index contributed by atoms with van der Waals surface area (Å²) < 4.78 is 6.43. The SMILES string of the molecule is CC(C)(C)OC(=O)N1CCC(Cc2cccc(Br)c2)(C(=O)NCCN2C(=O)S/C(=C\c3cccc(Cl)c3Cl)C2=O)C1. The molecule has 41 heavy (non-hydrogen) atoms. The molecule has 2 aliphatic heterocycles. The Bertz CT molecular complexity index is 1410. The van der Waals surface area contributed by atoms with Crippen molar-refractivity contribution >= 4 is 80.1 Å². The molecule has 1 atom stereocenters. The van der Waals surface area contributed by atoms with E-state index in [0.29, 0.717) is 35.0 Å². The molecule has 2 fully saturated rings. The molecule has 2 aromatic rings. The molecule has 4 amide bonds. The van der Waals surface area contributed by atoms with E-state index in [2.05, 4.69) is 21.2 Å². The zero-order valence-electron chi connectivity index (χ0n) is 22.8. The molecule has 0 spiro atoms. The first-order valence-electron chi connectivity index (χ1n) is 13.0. The summed E-state index contributed by atoms with van der Waals surface area (Å²) in [5.41, 5.74) is -0.0907. The lowest BCUT2D eigenvalue weighted by molar-refractivity contribution is -0.131. The number of thioether (sulfide) groups is 1. The molecule has 0 aliphatic carbocycles. The predicted molar refractivity (Wildman–Crippen MR) is 165 cm³/mol. The van der Waals surface area contributed by atoms with Gasteiger partial charge in [-0.25, -0.2) is 4.79 Å². The van der Waals surface area contributed by atoms with Crippen LogP contribution in [0.25, 0.3) is 6.08 Å². The van der Waals surface area contributed by atoms with Crippen molar-refractivity contribution in [2.75, 3.05) is 26.2 Å². The van der Waals surface area contributed by atoms with E-state index >= 15 is 0 Å². The number of ether oxygens (including phenoxy) is 1. The van der Waals surface area contributed by atoms with Gasteiger partial charge in [0, 0.05) is 30.7 Å². The minimum absolute atomic E-state index is 0.000228. The van der Waals surface area contributed by atoms with Crippen molar-refractivity contribution in [1.82, 2.24) is 15.1 Å². The summed E-state index contributed by atoms with van der Waals surface area (Å²) in [5, 5.41) is 3.11. The van der Waals surface area contributed by atoms with Crippen molar-refractivity contribution in [3.05, 3.63) is 73.0 Å². The fourth-order valence-corrected chi connectivity index (χ4v) is 6.40. The summed E-state index contributed by atoms with van der Waals surface area (Å²) in [5.74, 6) is -0.720. The van der Waals surface area contributed by atoms with E-state index in [9.17, 15) is 19.2 Å². The van der Waals surface area contributed by atoms with Gasteiger partial charge in [-0.05, 0) is 80.8 Å². The molecule has 1 N–H and O–H groups in total. The predicted octanol–water partition coefficient (Wildman–Crippen LogP) is 6.78. The first-order valence-corrected chi connectivity index (χ1v) is 15.3. The number of imide groups is 1. The third-order valence-corrected chi connectivity index (χ3v) is 8.92. The third kappa shape index (κ3) is 7.66. The van der Waals surface area contributed by atoms with E-state index in [4.69, 9.17) is 27.9 Å². The van der Waals surface area contributed by atoms with Crippen LogP contribution in [0.2, 0.25) is 10.0 Å². The number of nitrogens with zero attached hydrogens (tertiary/aromatic N) is 2. The molecule has 4 rings (SSSR count). The van der Waals surface area contributed by atoms with Crippen molar-refractivity contribution < 1.29 is 23.9 Å². The molecule has 2 aliphatic rings. The highest BCUT2D eigenvalue weighted by molar-refractivity contribution is 9.10. The number of carbonyl (C=O) groups excluding carboxylic acids is 4. The number of benzene rings is 2. The van der Waals surface area contributed by atoms with E-state index in [1.165, 1.54) is 6.08 Å². The maximum absolute atomic E-state index is 13.7. The van der Waals surface area contributed by atoms with Gasteiger partial charge in [-0.15, -0.1) is 0 Å². The van der Waals surface area contributed by atoms with Gasteiger partial charge in [0.1, 0.15) is 5.60 Å². The van der Waals surface area contributed by atoms with Crippen molar-refractivity contribution in [3.63, 3.8) is 0 Å².